The maximum Gasteiger partial charge on any atom is 0.328 e. The standard InChI is InChI=1S/C21H18O6/c22-19-13-17(8-10-21(23)24)27-20-14-16(7-9-18(19)20)26-12-4-11-25-15-5-2-1-3-6-15/h1-3,5-10,13-14H,4,11-12H2,(H,23,24)/b10-8+. The molecule has 0 spiro atoms. The van der Waals surface area contributed by atoms with Crippen LogP contribution in [-0.2, 0) is 4.79 Å². The zero-order valence-corrected chi connectivity index (χ0v) is 14.5. The van der Waals surface area contributed by atoms with Crippen LogP contribution in [0.3, 0.4) is 0 Å². The van der Waals surface area contributed by atoms with Crippen LogP contribution < -0.4 is 14.9 Å². The van der Waals surface area contributed by atoms with Gasteiger partial charge in [0.05, 0.1) is 18.6 Å². The molecule has 0 amide bonds. The van der Waals surface area contributed by atoms with Gasteiger partial charge in [0.1, 0.15) is 22.8 Å². The molecule has 1 heterocycles. The molecule has 0 radical (unpaired) electrons. The Labute approximate surface area is 155 Å². The van der Waals surface area contributed by atoms with Gasteiger partial charge in [-0.15, -0.1) is 0 Å². The summed E-state index contributed by atoms with van der Waals surface area (Å²) in [5, 5.41) is 9.08. The Bertz CT molecular complexity index is 1000. The zero-order valence-electron chi connectivity index (χ0n) is 14.5. The van der Waals surface area contributed by atoms with Gasteiger partial charge in [-0.05, 0) is 30.3 Å². The lowest BCUT2D eigenvalue weighted by molar-refractivity contribution is -0.131. The predicted octanol–water partition coefficient (Wildman–Crippen LogP) is 3.74. The fraction of sp³-hybridized carbons (Fsp3) is 0.143. The van der Waals surface area contributed by atoms with Crippen LogP contribution in [0.4, 0.5) is 0 Å². The second-order valence-electron chi connectivity index (χ2n) is 5.71. The number of rotatable bonds is 8. The fourth-order valence-electron chi connectivity index (χ4n) is 2.44. The van der Waals surface area contributed by atoms with Gasteiger partial charge in [-0.3, -0.25) is 4.79 Å². The molecular weight excluding hydrogens is 348 g/mol. The molecule has 2 aromatic carbocycles. The van der Waals surface area contributed by atoms with Gasteiger partial charge in [0.25, 0.3) is 0 Å². The van der Waals surface area contributed by atoms with Gasteiger partial charge in [-0.2, -0.15) is 0 Å². The first kappa shape index (κ1) is 18.3. The van der Waals surface area contributed by atoms with Crippen molar-refractivity contribution in [2.24, 2.45) is 0 Å². The highest BCUT2D eigenvalue weighted by Crippen LogP contribution is 2.20. The molecule has 1 aromatic heterocycles. The molecule has 6 nitrogen and oxygen atoms in total. The van der Waals surface area contributed by atoms with E-state index in [1.165, 1.54) is 12.1 Å². The second kappa shape index (κ2) is 8.71. The number of fused-ring (bicyclic) bond motifs is 1. The minimum absolute atomic E-state index is 0.170. The van der Waals surface area contributed by atoms with Crippen LogP contribution >= 0.6 is 0 Å². The van der Waals surface area contributed by atoms with E-state index < -0.39 is 5.97 Å². The number of carbonyl (C=O) groups is 1. The van der Waals surface area contributed by atoms with Gasteiger partial charge >= 0.3 is 5.97 Å². The van der Waals surface area contributed by atoms with Crippen LogP contribution in [0.15, 0.2) is 69.9 Å². The van der Waals surface area contributed by atoms with Crippen molar-refractivity contribution in [1.29, 1.82) is 0 Å². The molecule has 6 heteroatoms. The highest BCUT2D eigenvalue weighted by atomic mass is 16.5. The van der Waals surface area contributed by atoms with E-state index in [0.717, 1.165) is 11.8 Å². The molecule has 0 aliphatic heterocycles. The SMILES string of the molecule is O=C(O)/C=C/c1cc(=O)c2ccc(OCCCOc3ccccc3)cc2o1. The summed E-state index contributed by atoms with van der Waals surface area (Å²) >= 11 is 0. The Balaban J connectivity index is 1.61. The lowest BCUT2D eigenvalue weighted by Crippen LogP contribution is -2.05. The highest BCUT2D eigenvalue weighted by Gasteiger charge is 2.06. The van der Waals surface area contributed by atoms with Crippen molar-refractivity contribution >= 4 is 23.0 Å². The first-order valence-electron chi connectivity index (χ1n) is 8.41. The van der Waals surface area contributed by atoms with E-state index in [9.17, 15) is 9.59 Å². The summed E-state index contributed by atoms with van der Waals surface area (Å²) in [6.45, 7) is 0.970. The molecule has 1 N–H and O–H groups in total. The average Bonchev–Trinajstić information content (AvgIpc) is 2.67. The number of carboxylic acids is 1. The largest absolute Gasteiger partial charge is 0.493 e. The Kier molecular flexibility index (Phi) is 5.89. The smallest absolute Gasteiger partial charge is 0.328 e. The molecule has 0 atom stereocenters. The van der Waals surface area contributed by atoms with Crippen molar-refractivity contribution in [3.63, 3.8) is 0 Å². The molecule has 138 valence electrons. The maximum absolute atomic E-state index is 12.1. The van der Waals surface area contributed by atoms with E-state index in [4.69, 9.17) is 19.0 Å². The number of para-hydroxylation sites is 1. The normalized spacial score (nSPS) is 11.0. The van der Waals surface area contributed by atoms with E-state index in [0.29, 0.717) is 36.4 Å². The van der Waals surface area contributed by atoms with Crippen LogP contribution in [0.2, 0.25) is 0 Å². The third-order valence-electron chi connectivity index (χ3n) is 3.68. The molecule has 0 fully saturated rings. The third-order valence-corrected chi connectivity index (χ3v) is 3.68. The van der Waals surface area contributed by atoms with Gasteiger partial charge in [0, 0.05) is 24.6 Å². The number of ether oxygens (including phenoxy) is 2. The van der Waals surface area contributed by atoms with Gasteiger partial charge < -0.3 is 19.0 Å². The van der Waals surface area contributed by atoms with E-state index in [1.54, 1.807) is 18.2 Å². The summed E-state index contributed by atoms with van der Waals surface area (Å²) < 4.78 is 16.8. The van der Waals surface area contributed by atoms with E-state index >= 15 is 0 Å². The van der Waals surface area contributed by atoms with Crippen LogP contribution in [0, 0.1) is 0 Å². The monoisotopic (exact) mass is 366 g/mol. The number of hydrogen-bond acceptors (Lipinski definition) is 5. The lowest BCUT2D eigenvalue weighted by Gasteiger charge is -2.08. The minimum atomic E-state index is -1.12. The molecule has 3 rings (SSSR count). The van der Waals surface area contributed by atoms with Crippen molar-refractivity contribution in [3.8, 4) is 11.5 Å². The van der Waals surface area contributed by atoms with Gasteiger partial charge in [-0.1, -0.05) is 18.2 Å². The first-order valence-corrected chi connectivity index (χ1v) is 8.41. The van der Waals surface area contributed by atoms with Crippen LogP contribution in [0.1, 0.15) is 12.2 Å². The zero-order chi connectivity index (χ0) is 19.1. The van der Waals surface area contributed by atoms with Gasteiger partial charge in [0.2, 0.25) is 0 Å². The highest BCUT2D eigenvalue weighted by molar-refractivity contribution is 5.85. The van der Waals surface area contributed by atoms with Crippen molar-refractivity contribution in [3.05, 3.63) is 76.7 Å². The van der Waals surface area contributed by atoms with Crippen molar-refractivity contribution < 1.29 is 23.8 Å². The van der Waals surface area contributed by atoms with E-state index in [-0.39, 0.29) is 11.2 Å². The predicted molar refractivity (Wildman–Crippen MR) is 101 cm³/mol. The maximum atomic E-state index is 12.1. The van der Waals surface area contributed by atoms with Crippen LogP contribution in [-0.4, -0.2) is 24.3 Å². The van der Waals surface area contributed by atoms with Crippen molar-refractivity contribution in [2.45, 2.75) is 6.42 Å². The molecule has 0 aliphatic rings. The Morgan fingerprint density at radius 2 is 1.74 bits per heavy atom. The molecular formula is C21H18O6. The minimum Gasteiger partial charge on any atom is -0.493 e. The van der Waals surface area contributed by atoms with Gasteiger partial charge in [-0.25, -0.2) is 4.79 Å². The quantitative estimate of drug-likeness (QED) is 0.483. The average molecular weight is 366 g/mol. The third kappa shape index (κ3) is 5.22. The number of carboxylic acid groups (broad SMARTS) is 1. The molecule has 0 saturated heterocycles. The van der Waals surface area contributed by atoms with Crippen LogP contribution in [0.5, 0.6) is 11.5 Å². The molecule has 0 saturated carbocycles. The first-order chi connectivity index (χ1) is 13.1. The number of benzene rings is 2. The molecule has 27 heavy (non-hydrogen) atoms. The summed E-state index contributed by atoms with van der Waals surface area (Å²) in [6.07, 6.45) is 2.84. The summed E-state index contributed by atoms with van der Waals surface area (Å²) in [7, 11) is 0. The molecule has 0 aliphatic carbocycles. The molecule has 3 aromatic rings. The lowest BCUT2D eigenvalue weighted by atomic mass is 10.2. The number of aliphatic carboxylic acids is 1. The van der Waals surface area contributed by atoms with Crippen molar-refractivity contribution in [1.82, 2.24) is 0 Å². The van der Waals surface area contributed by atoms with Crippen LogP contribution in [0.25, 0.3) is 17.0 Å². The van der Waals surface area contributed by atoms with E-state index in [2.05, 4.69) is 0 Å². The topological polar surface area (TPSA) is 86.0 Å². The summed E-state index contributed by atoms with van der Waals surface area (Å²) in [5.74, 6) is 0.424. The summed E-state index contributed by atoms with van der Waals surface area (Å²) in [5.41, 5.74) is 0.0923. The van der Waals surface area contributed by atoms with Crippen molar-refractivity contribution in [2.75, 3.05) is 13.2 Å². The number of hydrogen-bond donors (Lipinski definition) is 1. The van der Waals surface area contributed by atoms with Gasteiger partial charge in [0.15, 0.2) is 5.43 Å². The second-order valence-corrected chi connectivity index (χ2v) is 5.71. The fourth-order valence-corrected chi connectivity index (χ4v) is 2.44. The van der Waals surface area contributed by atoms with E-state index in [1.807, 2.05) is 30.3 Å². The molecule has 0 unspecified atom stereocenters. The Morgan fingerprint density at radius 1 is 1.00 bits per heavy atom. The summed E-state index contributed by atoms with van der Waals surface area (Å²) in [6, 6.07) is 15.7. The Hall–Kier alpha value is -3.54. The Morgan fingerprint density at radius 3 is 2.48 bits per heavy atom. The molecule has 0 bridgehead atoms. The summed E-state index contributed by atoms with van der Waals surface area (Å²) in [4.78, 5) is 22.7.